The third-order valence-electron chi connectivity index (χ3n) is 4.67. The monoisotopic (exact) mass is 356 g/mol. The van der Waals surface area contributed by atoms with Gasteiger partial charge in [-0.25, -0.2) is 0 Å². The lowest BCUT2D eigenvalue weighted by Crippen LogP contribution is -2.54. The van der Waals surface area contributed by atoms with E-state index in [1.807, 2.05) is 24.3 Å². The summed E-state index contributed by atoms with van der Waals surface area (Å²) in [6.45, 7) is 3.97. The number of hydrogen-bond acceptors (Lipinski definition) is 6. The molecule has 0 aromatic heterocycles. The van der Waals surface area contributed by atoms with Gasteiger partial charge in [-0.1, -0.05) is 23.7 Å². The van der Waals surface area contributed by atoms with Crippen molar-refractivity contribution in [3.8, 4) is 0 Å². The molecule has 24 heavy (non-hydrogen) atoms. The van der Waals surface area contributed by atoms with E-state index in [0.717, 1.165) is 18.7 Å². The first-order chi connectivity index (χ1) is 11.7. The molecule has 134 valence electrons. The third-order valence-corrected chi connectivity index (χ3v) is 4.91. The predicted octanol–water partition coefficient (Wildman–Crippen LogP) is 0.251. The van der Waals surface area contributed by atoms with E-state index in [-0.39, 0.29) is 18.8 Å². The SMILES string of the molecule is OC[C@@H]1O[C@H](CNCc2cccc(Cl)c2)[C@H](N2CCOCC2)[C@@H]1O. The lowest BCUT2D eigenvalue weighted by Gasteiger charge is -2.36. The Morgan fingerprint density at radius 1 is 1.25 bits per heavy atom. The molecule has 0 amide bonds. The molecule has 4 atom stereocenters. The summed E-state index contributed by atoms with van der Waals surface area (Å²) in [6.07, 6.45) is -1.39. The number of rotatable bonds is 6. The van der Waals surface area contributed by atoms with Gasteiger partial charge in [-0.2, -0.15) is 0 Å². The molecule has 2 aliphatic heterocycles. The van der Waals surface area contributed by atoms with Crippen LogP contribution in [0.1, 0.15) is 5.56 Å². The first kappa shape index (κ1) is 18.1. The largest absolute Gasteiger partial charge is 0.394 e. The fraction of sp³-hybridized carbons (Fsp3) is 0.647. The number of aliphatic hydroxyl groups is 2. The lowest BCUT2D eigenvalue weighted by atomic mass is 10.0. The molecule has 0 radical (unpaired) electrons. The van der Waals surface area contributed by atoms with Gasteiger partial charge in [0.1, 0.15) is 12.2 Å². The fourth-order valence-electron chi connectivity index (χ4n) is 3.48. The van der Waals surface area contributed by atoms with Crippen LogP contribution in [0.4, 0.5) is 0 Å². The number of nitrogens with one attached hydrogen (secondary N) is 1. The maximum Gasteiger partial charge on any atom is 0.109 e. The molecule has 2 saturated heterocycles. The summed E-state index contributed by atoms with van der Waals surface area (Å²) in [4.78, 5) is 2.20. The maximum absolute atomic E-state index is 10.5. The van der Waals surface area contributed by atoms with E-state index in [2.05, 4.69) is 10.2 Å². The number of hydrogen-bond donors (Lipinski definition) is 3. The first-order valence-corrected chi connectivity index (χ1v) is 8.78. The smallest absolute Gasteiger partial charge is 0.109 e. The summed E-state index contributed by atoms with van der Waals surface area (Å²) >= 11 is 6.00. The molecular weight excluding hydrogens is 332 g/mol. The average Bonchev–Trinajstić information content (AvgIpc) is 2.91. The molecule has 3 rings (SSSR count). The highest BCUT2D eigenvalue weighted by Gasteiger charge is 2.46. The van der Waals surface area contributed by atoms with E-state index in [9.17, 15) is 10.2 Å². The Bertz CT molecular complexity index is 527. The highest BCUT2D eigenvalue weighted by molar-refractivity contribution is 6.30. The number of benzene rings is 1. The summed E-state index contributed by atoms with van der Waals surface area (Å²) < 4.78 is 11.3. The molecule has 6 nitrogen and oxygen atoms in total. The molecule has 3 N–H and O–H groups in total. The Kier molecular flexibility index (Phi) is 6.46. The fourth-order valence-corrected chi connectivity index (χ4v) is 3.69. The molecular formula is C17H25ClN2O4. The Morgan fingerprint density at radius 2 is 2.04 bits per heavy atom. The van der Waals surface area contributed by atoms with Gasteiger partial charge in [-0.15, -0.1) is 0 Å². The summed E-state index contributed by atoms with van der Waals surface area (Å²) in [6, 6.07) is 7.58. The number of aliphatic hydroxyl groups excluding tert-OH is 2. The summed E-state index contributed by atoms with van der Waals surface area (Å²) in [5, 5.41) is 24.0. The molecule has 2 aliphatic rings. The van der Waals surface area contributed by atoms with Gasteiger partial charge in [0.25, 0.3) is 0 Å². The Balaban J connectivity index is 1.59. The van der Waals surface area contributed by atoms with Crippen molar-refractivity contribution in [2.75, 3.05) is 39.5 Å². The van der Waals surface area contributed by atoms with Crippen molar-refractivity contribution in [3.05, 3.63) is 34.9 Å². The van der Waals surface area contributed by atoms with Crippen LogP contribution in [0.2, 0.25) is 5.02 Å². The summed E-state index contributed by atoms with van der Waals surface area (Å²) in [5.41, 5.74) is 1.10. The molecule has 0 aliphatic carbocycles. The minimum absolute atomic E-state index is 0.127. The Labute approximate surface area is 147 Å². The first-order valence-electron chi connectivity index (χ1n) is 8.40. The van der Waals surface area contributed by atoms with Crippen molar-refractivity contribution in [3.63, 3.8) is 0 Å². The molecule has 1 aromatic rings. The van der Waals surface area contributed by atoms with Crippen molar-refractivity contribution in [2.45, 2.75) is 30.9 Å². The van der Waals surface area contributed by atoms with E-state index in [0.29, 0.717) is 31.3 Å². The van der Waals surface area contributed by atoms with Crippen molar-refractivity contribution < 1.29 is 19.7 Å². The third kappa shape index (κ3) is 4.26. The minimum Gasteiger partial charge on any atom is -0.394 e. The molecule has 1 aromatic carbocycles. The molecule has 0 bridgehead atoms. The van der Waals surface area contributed by atoms with Crippen LogP contribution in [0.3, 0.4) is 0 Å². The van der Waals surface area contributed by atoms with E-state index < -0.39 is 12.2 Å². The molecule has 0 unspecified atom stereocenters. The second-order valence-corrected chi connectivity index (χ2v) is 6.72. The van der Waals surface area contributed by atoms with Gasteiger partial charge in [0.05, 0.1) is 32.0 Å². The van der Waals surface area contributed by atoms with Crippen LogP contribution >= 0.6 is 11.6 Å². The van der Waals surface area contributed by atoms with Crippen LogP contribution in [0.5, 0.6) is 0 Å². The number of morpholine rings is 1. The predicted molar refractivity (Wildman–Crippen MR) is 91.1 cm³/mol. The van der Waals surface area contributed by atoms with Gasteiger partial charge < -0.3 is 25.0 Å². The van der Waals surface area contributed by atoms with Crippen LogP contribution in [0.25, 0.3) is 0 Å². The van der Waals surface area contributed by atoms with Crippen molar-refractivity contribution >= 4 is 11.6 Å². The molecule has 2 heterocycles. The number of nitrogens with zero attached hydrogens (tertiary/aromatic N) is 1. The molecule has 2 fully saturated rings. The maximum atomic E-state index is 10.5. The Hall–Kier alpha value is -0.730. The van der Waals surface area contributed by atoms with Gasteiger partial charge in [0.2, 0.25) is 0 Å². The van der Waals surface area contributed by atoms with Gasteiger partial charge in [-0.3, -0.25) is 4.90 Å². The van der Waals surface area contributed by atoms with Crippen LogP contribution in [-0.4, -0.2) is 78.9 Å². The minimum atomic E-state index is -0.689. The molecule has 0 spiro atoms. The quantitative estimate of drug-likeness (QED) is 0.678. The van der Waals surface area contributed by atoms with E-state index in [1.54, 1.807) is 0 Å². The summed E-state index contributed by atoms with van der Waals surface area (Å²) in [7, 11) is 0. The van der Waals surface area contributed by atoms with E-state index in [4.69, 9.17) is 21.1 Å². The standard InChI is InChI=1S/C17H25ClN2O4/c18-13-3-1-2-12(8-13)9-19-10-14-16(17(22)15(11-21)24-14)20-4-6-23-7-5-20/h1-3,8,14-17,19,21-22H,4-7,9-11H2/t14-,15+,16+,17-/m1/s1. The second-order valence-electron chi connectivity index (χ2n) is 6.29. The normalized spacial score (nSPS) is 31.5. The molecule has 0 saturated carbocycles. The zero-order valence-corrected chi connectivity index (χ0v) is 14.4. The van der Waals surface area contributed by atoms with Gasteiger partial charge in [0.15, 0.2) is 0 Å². The molecule has 7 heteroatoms. The Morgan fingerprint density at radius 3 is 2.75 bits per heavy atom. The van der Waals surface area contributed by atoms with Gasteiger partial charge in [0, 0.05) is 31.2 Å². The second kappa shape index (κ2) is 8.58. The van der Waals surface area contributed by atoms with E-state index in [1.165, 1.54) is 0 Å². The van der Waals surface area contributed by atoms with E-state index >= 15 is 0 Å². The van der Waals surface area contributed by atoms with Crippen molar-refractivity contribution in [1.29, 1.82) is 0 Å². The highest BCUT2D eigenvalue weighted by Crippen LogP contribution is 2.26. The van der Waals surface area contributed by atoms with Crippen LogP contribution in [-0.2, 0) is 16.0 Å². The van der Waals surface area contributed by atoms with Gasteiger partial charge in [-0.05, 0) is 17.7 Å². The summed E-state index contributed by atoms with van der Waals surface area (Å²) in [5.74, 6) is 0. The lowest BCUT2D eigenvalue weighted by molar-refractivity contribution is -0.0225. The number of halogens is 1. The van der Waals surface area contributed by atoms with Crippen LogP contribution < -0.4 is 5.32 Å². The topological polar surface area (TPSA) is 74.2 Å². The zero-order valence-electron chi connectivity index (χ0n) is 13.6. The highest BCUT2D eigenvalue weighted by atomic mass is 35.5. The van der Waals surface area contributed by atoms with Crippen molar-refractivity contribution in [1.82, 2.24) is 10.2 Å². The average molecular weight is 357 g/mol. The van der Waals surface area contributed by atoms with Gasteiger partial charge >= 0.3 is 0 Å². The van der Waals surface area contributed by atoms with Crippen LogP contribution in [0, 0.1) is 0 Å². The number of ether oxygens (including phenoxy) is 2. The van der Waals surface area contributed by atoms with Crippen molar-refractivity contribution in [2.24, 2.45) is 0 Å². The van der Waals surface area contributed by atoms with Crippen LogP contribution in [0.15, 0.2) is 24.3 Å². The zero-order chi connectivity index (χ0) is 16.9.